The van der Waals surface area contributed by atoms with Crippen LogP contribution in [0.5, 0.6) is 0 Å². The summed E-state index contributed by atoms with van der Waals surface area (Å²) in [5.74, 6) is 0.0129. The summed E-state index contributed by atoms with van der Waals surface area (Å²) in [5.41, 5.74) is 3.57. The van der Waals surface area contributed by atoms with Gasteiger partial charge in [-0.2, -0.15) is 0 Å². The molecular formula is C23H27ClN2O3. The van der Waals surface area contributed by atoms with Crippen LogP contribution in [0.3, 0.4) is 0 Å². The van der Waals surface area contributed by atoms with Crippen molar-refractivity contribution in [1.82, 2.24) is 10.2 Å². The van der Waals surface area contributed by atoms with Gasteiger partial charge in [0.15, 0.2) is 0 Å². The van der Waals surface area contributed by atoms with Crippen LogP contribution < -0.4 is 5.32 Å². The van der Waals surface area contributed by atoms with E-state index in [-0.39, 0.29) is 18.1 Å². The summed E-state index contributed by atoms with van der Waals surface area (Å²) in [6.07, 6.45) is 1.08. The molecule has 0 aromatic heterocycles. The van der Waals surface area contributed by atoms with Gasteiger partial charge in [-0.15, -0.1) is 0 Å². The third kappa shape index (κ3) is 5.17. The first kappa shape index (κ1) is 20.4. The van der Waals surface area contributed by atoms with Crippen molar-refractivity contribution >= 4 is 17.5 Å². The van der Waals surface area contributed by atoms with E-state index in [9.17, 15) is 4.79 Å². The smallest absolute Gasteiger partial charge is 0.223 e. The Balaban J connectivity index is 1.40. The minimum Gasteiger partial charge on any atom is -0.379 e. The van der Waals surface area contributed by atoms with Crippen LogP contribution in [0.25, 0.3) is 0 Å². The Bertz CT molecular complexity index is 821. The molecule has 2 atom stereocenters. The van der Waals surface area contributed by atoms with Crippen molar-refractivity contribution in [2.45, 2.75) is 25.0 Å². The lowest BCUT2D eigenvalue weighted by atomic mass is 9.95. The molecule has 29 heavy (non-hydrogen) atoms. The fourth-order valence-electron chi connectivity index (χ4n) is 4.13. The molecule has 0 radical (unpaired) electrons. The van der Waals surface area contributed by atoms with E-state index in [1.807, 2.05) is 36.4 Å². The van der Waals surface area contributed by atoms with E-state index >= 15 is 0 Å². The van der Waals surface area contributed by atoms with Crippen LogP contribution in [0.4, 0.5) is 0 Å². The monoisotopic (exact) mass is 414 g/mol. The van der Waals surface area contributed by atoms with Crippen molar-refractivity contribution in [2.75, 3.05) is 39.5 Å². The van der Waals surface area contributed by atoms with Crippen molar-refractivity contribution in [3.63, 3.8) is 0 Å². The molecule has 0 spiro atoms. The van der Waals surface area contributed by atoms with Gasteiger partial charge in [-0.25, -0.2) is 0 Å². The molecule has 6 heteroatoms. The molecule has 4 rings (SSSR count). The molecule has 2 aliphatic rings. The highest BCUT2D eigenvalue weighted by atomic mass is 35.5. The minimum absolute atomic E-state index is 0.0129. The van der Waals surface area contributed by atoms with Gasteiger partial charge in [0.1, 0.15) is 0 Å². The summed E-state index contributed by atoms with van der Waals surface area (Å²) < 4.78 is 11.4. The van der Waals surface area contributed by atoms with Crippen LogP contribution in [0.2, 0.25) is 5.02 Å². The molecule has 2 aliphatic heterocycles. The molecule has 2 aromatic rings. The average Bonchev–Trinajstić information content (AvgIpc) is 2.76. The topological polar surface area (TPSA) is 50.8 Å². The van der Waals surface area contributed by atoms with E-state index in [2.05, 4.69) is 22.3 Å². The van der Waals surface area contributed by atoms with Crippen molar-refractivity contribution in [3.05, 3.63) is 70.2 Å². The second-order valence-electron chi connectivity index (χ2n) is 7.53. The average molecular weight is 415 g/mol. The van der Waals surface area contributed by atoms with Gasteiger partial charge in [-0.05, 0) is 35.2 Å². The van der Waals surface area contributed by atoms with Crippen LogP contribution in [0.1, 0.15) is 35.3 Å². The predicted molar refractivity (Wildman–Crippen MR) is 113 cm³/mol. The van der Waals surface area contributed by atoms with E-state index < -0.39 is 0 Å². The fraction of sp³-hybridized carbons (Fsp3) is 0.435. The van der Waals surface area contributed by atoms with Crippen molar-refractivity contribution < 1.29 is 14.3 Å². The summed E-state index contributed by atoms with van der Waals surface area (Å²) in [7, 11) is 0. The van der Waals surface area contributed by atoms with Crippen LogP contribution in [-0.4, -0.2) is 50.3 Å². The zero-order valence-corrected chi connectivity index (χ0v) is 17.2. The summed E-state index contributed by atoms with van der Waals surface area (Å²) >= 11 is 6.06. The lowest BCUT2D eigenvalue weighted by Gasteiger charge is -2.35. The zero-order valence-electron chi connectivity index (χ0n) is 16.5. The highest BCUT2D eigenvalue weighted by molar-refractivity contribution is 6.30. The number of morpholine rings is 1. The Hall–Kier alpha value is -1.92. The highest BCUT2D eigenvalue weighted by Gasteiger charge is 2.26. The van der Waals surface area contributed by atoms with Gasteiger partial charge in [-0.3, -0.25) is 9.69 Å². The van der Waals surface area contributed by atoms with E-state index in [4.69, 9.17) is 21.1 Å². The standard InChI is InChI=1S/C23H27ClN2O3/c24-19-7-5-18(6-8-19)21(26-10-13-28-14-11-26)16-25-23(27)15-22-20-4-2-1-3-17(20)9-12-29-22/h1-8,21-22H,9-16H2,(H,25,27). The van der Waals surface area contributed by atoms with E-state index in [0.717, 1.165) is 30.6 Å². The molecule has 2 unspecified atom stereocenters. The molecule has 0 bridgehead atoms. The second-order valence-corrected chi connectivity index (χ2v) is 7.97. The molecule has 1 saturated heterocycles. The van der Waals surface area contributed by atoms with E-state index in [1.165, 1.54) is 5.56 Å². The number of fused-ring (bicyclic) bond motifs is 1. The highest BCUT2D eigenvalue weighted by Crippen LogP contribution is 2.29. The van der Waals surface area contributed by atoms with Crippen molar-refractivity contribution in [3.8, 4) is 0 Å². The molecule has 0 aliphatic carbocycles. The SMILES string of the molecule is O=C(CC1OCCc2ccccc21)NCC(c1ccc(Cl)cc1)N1CCOCC1. The number of halogens is 1. The molecule has 1 fully saturated rings. The molecule has 2 aromatic carbocycles. The van der Waals surface area contributed by atoms with Gasteiger partial charge in [0.05, 0.1) is 38.4 Å². The number of rotatable bonds is 6. The minimum atomic E-state index is -0.169. The van der Waals surface area contributed by atoms with E-state index in [1.54, 1.807) is 0 Å². The Labute approximate surface area is 176 Å². The van der Waals surface area contributed by atoms with Crippen LogP contribution >= 0.6 is 11.6 Å². The van der Waals surface area contributed by atoms with Gasteiger partial charge in [-0.1, -0.05) is 48.0 Å². The number of hydrogen-bond acceptors (Lipinski definition) is 4. The first-order chi connectivity index (χ1) is 14.2. The first-order valence-electron chi connectivity index (χ1n) is 10.2. The summed E-state index contributed by atoms with van der Waals surface area (Å²) in [6, 6.07) is 16.2. The third-order valence-corrected chi connectivity index (χ3v) is 5.95. The Morgan fingerprint density at radius 2 is 1.86 bits per heavy atom. The third-order valence-electron chi connectivity index (χ3n) is 5.70. The number of hydrogen-bond donors (Lipinski definition) is 1. The Morgan fingerprint density at radius 1 is 1.10 bits per heavy atom. The van der Waals surface area contributed by atoms with Gasteiger partial charge in [0.2, 0.25) is 5.91 Å². The molecule has 154 valence electrons. The first-order valence-corrected chi connectivity index (χ1v) is 10.6. The number of amides is 1. The second kappa shape index (κ2) is 9.72. The van der Waals surface area contributed by atoms with Gasteiger partial charge in [0, 0.05) is 24.7 Å². The van der Waals surface area contributed by atoms with Crippen LogP contribution in [0.15, 0.2) is 48.5 Å². The number of carbonyl (C=O) groups is 1. The summed E-state index contributed by atoms with van der Waals surface area (Å²) in [6.45, 7) is 4.34. The maximum Gasteiger partial charge on any atom is 0.223 e. The predicted octanol–water partition coefficient (Wildman–Crippen LogP) is 3.53. The zero-order chi connectivity index (χ0) is 20.1. The van der Waals surface area contributed by atoms with Crippen LogP contribution in [0, 0.1) is 0 Å². The van der Waals surface area contributed by atoms with Gasteiger partial charge < -0.3 is 14.8 Å². The lowest BCUT2D eigenvalue weighted by molar-refractivity contribution is -0.124. The van der Waals surface area contributed by atoms with Crippen LogP contribution in [-0.2, 0) is 20.7 Å². The molecule has 1 amide bonds. The number of nitrogens with zero attached hydrogens (tertiary/aromatic N) is 1. The molecular weight excluding hydrogens is 388 g/mol. The fourth-order valence-corrected chi connectivity index (χ4v) is 4.25. The van der Waals surface area contributed by atoms with Crippen molar-refractivity contribution in [1.29, 1.82) is 0 Å². The van der Waals surface area contributed by atoms with E-state index in [0.29, 0.717) is 37.8 Å². The molecule has 1 N–H and O–H groups in total. The molecule has 2 heterocycles. The van der Waals surface area contributed by atoms with Gasteiger partial charge in [0.25, 0.3) is 0 Å². The maximum atomic E-state index is 12.7. The largest absolute Gasteiger partial charge is 0.379 e. The normalized spacial score (nSPS) is 20.7. The quantitative estimate of drug-likeness (QED) is 0.785. The number of ether oxygens (including phenoxy) is 2. The molecule has 5 nitrogen and oxygen atoms in total. The number of carbonyl (C=O) groups excluding carboxylic acids is 1. The lowest BCUT2D eigenvalue weighted by Crippen LogP contribution is -2.44. The maximum absolute atomic E-state index is 12.7. The van der Waals surface area contributed by atoms with Gasteiger partial charge >= 0.3 is 0 Å². The summed E-state index contributed by atoms with van der Waals surface area (Å²) in [4.78, 5) is 15.1. The van der Waals surface area contributed by atoms with Crippen molar-refractivity contribution in [2.24, 2.45) is 0 Å². The molecule has 0 saturated carbocycles. The number of benzene rings is 2. The Kier molecular flexibility index (Phi) is 6.82. The summed E-state index contributed by atoms with van der Waals surface area (Å²) in [5, 5.41) is 3.85. The Morgan fingerprint density at radius 3 is 2.66 bits per heavy atom. The number of nitrogens with one attached hydrogen (secondary N) is 1.